The van der Waals surface area contributed by atoms with Crippen LogP contribution >= 0.6 is 40.3 Å². The van der Waals surface area contributed by atoms with Gasteiger partial charge in [0.2, 0.25) is 21.1 Å². The summed E-state index contributed by atoms with van der Waals surface area (Å²) in [5.74, 6) is 1.26. The number of unbranched alkanes of at least 4 members (excludes halogenated alkanes) is 2. The zero-order chi connectivity index (χ0) is 46.2. The molecule has 0 spiro atoms. The van der Waals surface area contributed by atoms with Crippen LogP contribution in [0, 0.1) is 32.1 Å². The van der Waals surface area contributed by atoms with Crippen LogP contribution in [0.3, 0.4) is 0 Å². The molecule has 4 rings (SSSR count). The van der Waals surface area contributed by atoms with Crippen molar-refractivity contribution >= 4 is 63.9 Å². The number of aromatic nitrogens is 2. The second kappa shape index (κ2) is 34.6. The van der Waals surface area contributed by atoms with Crippen molar-refractivity contribution in [3.8, 4) is 11.5 Å². The van der Waals surface area contributed by atoms with E-state index in [1.165, 1.54) is 37.1 Å². The Balaban J connectivity index is 0.000000526. The van der Waals surface area contributed by atoms with Crippen molar-refractivity contribution in [2.75, 3.05) is 24.7 Å². The predicted molar refractivity (Wildman–Crippen MR) is 260 cm³/mol. The molecule has 2 aromatic carbocycles. The van der Waals surface area contributed by atoms with Gasteiger partial charge in [-0.3, -0.25) is 9.59 Å². The molecule has 0 aliphatic heterocycles. The first kappa shape index (κ1) is 57.3. The molecule has 14 nitrogen and oxygen atoms in total. The highest BCUT2D eigenvalue weighted by atomic mass is 79.9. The number of nitro groups is 2. The highest BCUT2D eigenvalue weighted by Crippen LogP contribution is 2.30. The third kappa shape index (κ3) is 24.4. The van der Waals surface area contributed by atoms with Crippen molar-refractivity contribution in [1.82, 2.24) is 9.97 Å². The summed E-state index contributed by atoms with van der Waals surface area (Å²) < 4.78 is 21.9. The van der Waals surface area contributed by atoms with Gasteiger partial charge in [-0.05, 0) is 67.8 Å². The van der Waals surface area contributed by atoms with Gasteiger partial charge >= 0.3 is 23.6 Å². The average Bonchev–Trinajstić information content (AvgIpc) is 3.29. The Hall–Kier alpha value is -4.74. The topological polar surface area (TPSA) is 183 Å². The maximum atomic E-state index is 12.0. The van der Waals surface area contributed by atoms with E-state index in [1.807, 2.05) is 60.7 Å². The van der Waals surface area contributed by atoms with Gasteiger partial charge in [0.05, 0.1) is 26.1 Å². The maximum absolute atomic E-state index is 12.0. The number of hydrogen-bond acceptors (Lipinski definition) is 14. The minimum atomic E-state index is -0.564. The summed E-state index contributed by atoms with van der Waals surface area (Å²) in [7, 11) is 0. The second-order valence-electron chi connectivity index (χ2n) is 14.3. The molecule has 0 fully saturated rings. The van der Waals surface area contributed by atoms with Gasteiger partial charge in [-0.2, -0.15) is 12.6 Å². The fourth-order valence-corrected chi connectivity index (χ4v) is 6.84. The molecule has 4 aromatic rings. The fraction of sp³-hybridized carbons (Fsp3) is 0.489. The lowest BCUT2D eigenvalue weighted by atomic mass is 10.0. The van der Waals surface area contributed by atoms with Crippen molar-refractivity contribution in [3.05, 3.63) is 121 Å². The zero-order valence-corrected chi connectivity index (χ0v) is 40.0. The highest BCUT2D eigenvalue weighted by Gasteiger charge is 2.21. The maximum Gasteiger partial charge on any atom is 0.407 e. The number of hydrogen-bond donors (Lipinski definition) is 1. The number of ether oxygens (including phenoxy) is 4. The van der Waals surface area contributed by atoms with Crippen LogP contribution in [-0.4, -0.2) is 56.5 Å². The van der Waals surface area contributed by atoms with Crippen LogP contribution in [0.25, 0.3) is 0 Å². The molecule has 0 saturated carbocycles. The predicted octanol–water partition coefficient (Wildman–Crippen LogP) is 12.8. The number of thioether (sulfide) groups is 1. The third-order valence-electron chi connectivity index (χ3n) is 9.36. The molecule has 0 bridgehead atoms. The quantitative estimate of drug-likeness (QED) is 0.0157. The number of rotatable bonds is 26. The summed E-state index contributed by atoms with van der Waals surface area (Å²) in [5, 5.41) is 22.7. The number of esters is 2. The molecule has 64 heavy (non-hydrogen) atoms. The Bertz CT molecular complexity index is 1930. The molecule has 2 heterocycles. The molecular weight excluding hydrogens is 925 g/mol. The van der Waals surface area contributed by atoms with E-state index < -0.39 is 9.85 Å². The number of halogens is 1. The Kier molecular flexibility index (Phi) is 31.0. The third-order valence-corrected chi connectivity index (χ3v) is 11.0. The molecule has 352 valence electrons. The van der Waals surface area contributed by atoms with Crippen molar-refractivity contribution in [2.45, 2.75) is 118 Å². The van der Waals surface area contributed by atoms with Crippen LogP contribution in [0.2, 0.25) is 0 Å². The molecule has 0 aliphatic rings. The molecule has 2 atom stereocenters. The van der Waals surface area contributed by atoms with Gasteiger partial charge in [-0.25, -0.2) is 0 Å². The summed E-state index contributed by atoms with van der Waals surface area (Å²) in [5.41, 5.74) is 1.85. The lowest BCUT2D eigenvalue weighted by molar-refractivity contribution is -0.391. The number of carbonyl (C=O) groups is 2. The molecule has 0 saturated heterocycles. The van der Waals surface area contributed by atoms with Gasteiger partial charge in [-0.1, -0.05) is 146 Å². The normalized spacial score (nSPS) is 11.2. The Morgan fingerprint density at radius 3 is 1.58 bits per heavy atom. The van der Waals surface area contributed by atoms with Gasteiger partial charge in [0.1, 0.15) is 13.2 Å². The minimum Gasteiger partial charge on any atom is -0.481 e. The van der Waals surface area contributed by atoms with Gasteiger partial charge < -0.3 is 39.2 Å². The van der Waals surface area contributed by atoms with Crippen LogP contribution in [0.15, 0.2) is 94.6 Å². The van der Waals surface area contributed by atoms with E-state index in [-0.39, 0.29) is 62.1 Å². The molecule has 0 N–H and O–H groups in total. The van der Waals surface area contributed by atoms with E-state index in [2.05, 4.69) is 66.2 Å². The van der Waals surface area contributed by atoms with Crippen molar-refractivity contribution in [2.24, 2.45) is 11.8 Å². The molecule has 2 unspecified atom stereocenters. The Labute approximate surface area is 396 Å². The number of thiol groups is 1. The van der Waals surface area contributed by atoms with Crippen molar-refractivity contribution in [1.29, 1.82) is 0 Å². The molecule has 2 aromatic heterocycles. The lowest BCUT2D eigenvalue weighted by Crippen LogP contribution is -2.14. The lowest BCUT2D eigenvalue weighted by Gasteiger charge is -2.14. The average molecular weight is 990 g/mol. The monoisotopic (exact) mass is 988 g/mol. The first-order valence-corrected chi connectivity index (χ1v) is 23.7. The largest absolute Gasteiger partial charge is 0.481 e. The van der Waals surface area contributed by atoms with Crippen LogP contribution in [-0.2, 0) is 32.3 Å². The summed E-state index contributed by atoms with van der Waals surface area (Å²) in [4.78, 5) is 52.0. The van der Waals surface area contributed by atoms with Crippen LogP contribution < -0.4 is 9.47 Å². The number of pyridine rings is 2. The minimum absolute atomic E-state index is 0. The number of nitrogens with zero attached hydrogens (tertiary/aromatic N) is 4. The summed E-state index contributed by atoms with van der Waals surface area (Å²) in [6, 6.07) is 25.2. The van der Waals surface area contributed by atoms with Gasteiger partial charge in [0.25, 0.3) is 0 Å². The van der Waals surface area contributed by atoms with E-state index in [0.29, 0.717) is 52.6 Å². The smallest absolute Gasteiger partial charge is 0.407 e. The first-order valence-electron chi connectivity index (χ1n) is 21.3. The first-order chi connectivity index (χ1) is 30.4. The van der Waals surface area contributed by atoms with Crippen LogP contribution in [0.5, 0.6) is 11.5 Å². The van der Waals surface area contributed by atoms with Crippen LogP contribution in [0.1, 0.15) is 110 Å². The summed E-state index contributed by atoms with van der Waals surface area (Å²) in [6.07, 6.45) is 9.69. The Morgan fingerprint density at radius 1 is 0.688 bits per heavy atom. The number of carbonyl (C=O) groups excluding carboxylic acids is 2. The SMILES string of the molecule is C.CCCCC(CC)COC(=O)CCS.CCCCC(CC)COC(=O)CCSc1ccc(OCc2ccccc2)c([N+](=O)[O-])n1.O=[N+]([O-])c1nc(Br)ccc1OCc1ccccc1. The molecule has 17 heteroatoms. The Morgan fingerprint density at radius 2 is 1.14 bits per heavy atom. The van der Waals surface area contributed by atoms with Gasteiger partial charge in [0, 0.05) is 39.6 Å². The molecular formula is C47H65BrN4O10S2. The highest BCUT2D eigenvalue weighted by molar-refractivity contribution is 9.10. The standard InChI is InChI=1S/C23H30N2O5S.C12H9BrN2O3.C11H22O2S.CH4/c1-3-5-9-18(4-2)16-30-22(26)14-15-31-21-13-12-20(23(24-21)25(27)28)29-17-19-10-7-6-8-11-19;13-11-7-6-10(12(14-11)15(16)17)18-8-9-4-2-1-3-5-9;1-3-5-6-10(4-2)9-13-11(12)7-8-14;/h6-8,10-13,18H,3-5,9,14-17H2,1-2H3;1-7H,8H2;10,14H,3-9H2,1-2H3;1H4. The second-order valence-corrected chi connectivity index (χ2v) is 16.6. The van der Waals surface area contributed by atoms with E-state index >= 15 is 0 Å². The van der Waals surface area contributed by atoms with E-state index in [0.717, 1.165) is 43.2 Å². The molecule has 0 radical (unpaired) electrons. The summed E-state index contributed by atoms with van der Waals surface area (Å²) >= 11 is 8.36. The van der Waals surface area contributed by atoms with Crippen molar-refractivity contribution < 1.29 is 38.4 Å². The van der Waals surface area contributed by atoms with E-state index in [4.69, 9.17) is 18.9 Å². The summed E-state index contributed by atoms with van der Waals surface area (Å²) in [6.45, 7) is 10.1. The zero-order valence-electron chi connectivity index (χ0n) is 36.7. The fourth-order valence-electron chi connectivity index (χ4n) is 5.56. The number of benzene rings is 2. The van der Waals surface area contributed by atoms with Gasteiger partial charge in [-0.15, -0.1) is 0 Å². The van der Waals surface area contributed by atoms with Gasteiger partial charge in [0.15, 0.2) is 0 Å². The van der Waals surface area contributed by atoms with E-state index in [9.17, 15) is 29.8 Å². The van der Waals surface area contributed by atoms with Crippen LogP contribution in [0.4, 0.5) is 11.6 Å². The van der Waals surface area contributed by atoms with Crippen molar-refractivity contribution in [3.63, 3.8) is 0 Å². The molecule has 0 amide bonds. The molecule has 0 aliphatic carbocycles. The van der Waals surface area contributed by atoms with E-state index in [1.54, 1.807) is 18.2 Å².